The third-order valence-electron chi connectivity index (χ3n) is 1.79. The summed E-state index contributed by atoms with van der Waals surface area (Å²) in [5.74, 6) is 0. The maximum absolute atomic E-state index is 10.6. The van der Waals surface area contributed by atoms with Crippen molar-refractivity contribution in [2.75, 3.05) is 13.2 Å². The molecule has 0 aliphatic carbocycles. The molecule has 0 fully saturated rings. The van der Waals surface area contributed by atoms with Crippen LogP contribution in [0.4, 0.5) is 4.79 Å². The van der Waals surface area contributed by atoms with Crippen LogP contribution >= 0.6 is 0 Å². The van der Waals surface area contributed by atoms with Crippen LogP contribution in [0.2, 0.25) is 0 Å². The van der Waals surface area contributed by atoms with Gasteiger partial charge in [0.15, 0.2) is 0 Å². The molecule has 0 heterocycles. The Labute approximate surface area is 72.8 Å². The summed E-state index contributed by atoms with van der Waals surface area (Å²) < 4.78 is 0. The van der Waals surface area contributed by atoms with Crippen LogP contribution < -0.4 is 0 Å². The molecule has 0 aromatic rings. The van der Waals surface area contributed by atoms with Crippen LogP contribution in [0.15, 0.2) is 0 Å². The third kappa shape index (κ3) is 3.57. The average molecular weight is 175 g/mol. The van der Waals surface area contributed by atoms with Crippen molar-refractivity contribution < 1.29 is 15.0 Å². The highest BCUT2D eigenvalue weighted by Gasteiger charge is 2.16. The molecule has 0 aromatic carbocycles. The number of hydrogen-bond acceptors (Lipinski definition) is 2. The second-order valence-electron chi connectivity index (χ2n) is 2.84. The Bertz CT molecular complexity index is 138. The fraction of sp³-hybridized carbons (Fsp3) is 0.875. The molecular formula is C8H17NO3. The van der Waals surface area contributed by atoms with Crippen LogP contribution in [0, 0.1) is 0 Å². The first-order valence-electron chi connectivity index (χ1n) is 4.23. The van der Waals surface area contributed by atoms with Crippen LogP contribution in [0.25, 0.3) is 0 Å². The van der Waals surface area contributed by atoms with Gasteiger partial charge >= 0.3 is 6.09 Å². The first-order valence-corrected chi connectivity index (χ1v) is 4.23. The maximum Gasteiger partial charge on any atom is 0.407 e. The van der Waals surface area contributed by atoms with Crippen molar-refractivity contribution in [2.45, 2.75) is 32.7 Å². The normalized spacial score (nSPS) is 12.6. The molecule has 0 aromatic heterocycles. The largest absolute Gasteiger partial charge is 0.465 e. The molecule has 1 unspecified atom stereocenters. The summed E-state index contributed by atoms with van der Waals surface area (Å²) in [6, 6.07) is -0.0903. The number of aliphatic hydroxyl groups excluding tert-OH is 1. The van der Waals surface area contributed by atoms with E-state index in [1.165, 1.54) is 4.90 Å². The van der Waals surface area contributed by atoms with Crippen molar-refractivity contribution in [2.24, 2.45) is 0 Å². The van der Waals surface area contributed by atoms with Crippen molar-refractivity contribution in [3.63, 3.8) is 0 Å². The lowest BCUT2D eigenvalue weighted by molar-refractivity contribution is 0.118. The molecule has 4 heteroatoms. The summed E-state index contributed by atoms with van der Waals surface area (Å²) in [5.41, 5.74) is 0. The molecule has 0 bridgehead atoms. The number of carboxylic acid groups (broad SMARTS) is 1. The fourth-order valence-electron chi connectivity index (χ4n) is 1.09. The molecule has 0 spiro atoms. The lowest BCUT2D eigenvalue weighted by Gasteiger charge is -2.25. The second-order valence-corrected chi connectivity index (χ2v) is 2.84. The minimum atomic E-state index is -0.905. The maximum atomic E-state index is 10.6. The van der Waals surface area contributed by atoms with E-state index in [2.05, 4.69) is 0 Å². The quantitative estimate of drug-likeness (QED) is 0.658. The van der Waals surface area contributed by atoms with Crippen LogP contribution in [0.5, 0.6) is 0 Å². The Balaban J connectivity index is 3.99. The Kier molecular flexibility index (Phi) is 5.45. The summed E-state index contributed by atoms with van der Waals surface area (Å²) in [5, 5.41) is 17.4. The topological polar surface area (TPSA) is 60.8 Å². The molecule has 0 aliphatic heterocycles. The van der Waals surface area contributed by atoms with E-state index in [0.717, 1.165) is 6.42 Å². The average Bonchev–Trinajstić information content (AvgIpc) is 1.99. The van der Waals surface area contributed by atoms with Gasteiger partial charge in [0.25, 0.3) is 0 Å². The number of rotatable bonds is 5. The smallest absolute Gasteiger partial charge is 0.407 e. The van der Waals surface area contributed by atoms with E-state index in [9.17, 15) is 4.79 Å². The highest BCUT2D eigenvalue weighted by atomic mass is 16.4. The van der Waals surface area contributed by atoms with Gasteiger partial charge in [-0.25, -0.2) is 4.79 Å². The van der Waals surface area contributed by atoms with E-state index < -0.39 is 6.09 Å². The molecule has 1 amide bonds. The number of carbonyl (C=O) groups is 1. The first kappa shape index (κ1) is 11.2. The summed E-state index contributed by atoms with van der Waals surface area (Å²) in [4.78, 5) is 12.0. The Hall–Kier alpha value is -0.770. The summed E-state index contributed by atoms with van der Waals surface area (Å²) >= 11 is 0. The third-order valence-corrected chi connectivity index (χ3v) is 1.79. The van der Waals surface area contributed by atoms with Gasteiger partial charge < -0.3 is 15.1 Å². The molecule has 0 aliphatic rings. The van der Waals surface area contributed by atoms with Crippen LogP contribution in [-0.4, -0.2) is 40.4 Å². The molecule has 1 atom stereocenters. The van der Waals surface area contributed by atoms with Crippen molar-refractivity contribution >= 4 is 6.09 Å². The monoisotopic (exact) mass is 175 g/mol. The van der Waals surface area contributed by atoms with Crippen molar-refractivity contribution in [3.8, 4) is 0 Å². The van der Waals surface area contributed by atoms with Gasteiger partial charge in [0, 0.05) is 19.2 Å². The zero-order valence-corrected chi connectivity index (χ0v) is 7.66. The van der Waals surface area contributed by atoms with Crippen molar-refractivity contribution in [1.29, 1.82) is 0 Å². The highest BCUT2D eigenvalue weighted by Crippen LogP contribution is 2.04. The van der Waals surface area contributed by atoms with Gasteiger partial charge in [-0.05, 0) is 19.8 Å². The zero-order chi connectivity index (χ0) is 9.56. The van der Waals surface area contributed by atoms with Crippen LogP contribution in [0.3, 0.4) is 0 Å². The Morgan fingerprint density at radius 2 is 2.17 bits per heavy atom. The number of aliphatic hydroxyl groups is 1. The molecule has 0 saturated heterocycles. The van der Waals surface area contributed by atoms with Gasteiger partial charge in [-0.2, -0.15) is 0 Å². The first-order chi connectivity index (χ1) is 5.63. The molecule has 0 saturated carbocycles. The molecule has 0 radical (unpaired) electrons. The molecular weight excluding hydrogens is 158 g/mol. The number of hydrogen-bond donors (Lipinski definition) is 2. The van der Waals surface area contributed by atoms with Gasteiger partial charge in [-0.15, -0.1) is 0 Å². The lowest BCUT2D eigenvalue weighted by atomic mass is 10.2. The molecule has 72 valence electrons. The number of nitrogens with zero attached hydrogens (tertiary/aromatic N) is 1. The predicted octanol–water partition coefficient (Wildman–Crippen LogP) is 1.15. The SMILES string of the molecule is CCCN(C(=O)O)C(C)CCO. The second kappa shape index (κ2) is 5.83. The van der Waals surface area contributed by atoms with E-state index in [1.807, 2.05) is 6.92 Å². The minimum absolute atomic E-state index is 0.0364. The zero-order valence-electron chi connectivity index (χ0n) is 7.66. The van der Waals surface area contributed by atoms with E-state index in [-0.39, 0.29) is 12.6 Å². The summed E-state index contributed by atoms with van der Waals surface area (Å²) in [6.07, 6.45) is 0.409. The predicted molar refractivity (Wildman–Crippen MR) is 46.2 cm³/mol. The fourth-order valence-corrected chi connectivity index (χ4v) is 1.09. The van der Waals surface area contributed by atoms with E-state index in [0.29, 0.717) is 13.0 Å². The van der Waals surface area contributed by atoms with Crippen LogP contribution in [-0.2, 0) is 0 Å². The Morgan fingerprint density at radius 3 is 2.50 bits per heavy atom. The van der Waals surface area contributed by atoms with E-state index in [4.69, 9.17) is 10.2 Å². The van der Waals surface area contributed by atoms with Gasteiger partial charge in [0.05, 0.1) is 0 Å². The minimum Gasteiger partial charge on any atom is -0.465 e. The van der Waals surface area contributed by atoms with Gasteiger partial charge in [-0.3, -0.25) is 0 Å². The van der Waals surface area contributed by atoms with Gasteiger partial charge in [0.1, 0.15) is 0 Å². The van der Waals surface area contributed by atoms with E-state index in [1.54, 1.807) is 6.92 Å². The molecule has 2 N–H and O–H groups in total. The van der Waals surface area contributed by atoms with Gasteiger partial charge in [0.2, 0.25) is 0 Å². The standard InChI is InChI=1S/C8H17NO3/c1-3-5-9(8(11)12)7(2)4-6-10/h7,10H,3-6H2,1-2H3,(H,11,12). The lowest BCUT2D eigenvalue weighted by Crippen LogP contribution is -2.38. The Morgan fingerprint density at radius 1 is 1.58 bits per heavy atom. The van der Waals surface area contributed by atoms with Crippen LogP contribution in [0.1, 0.15) is 26.7 Å². The molecule has 12 heavy (non-hydrogen) atoms. The molecule has 4 nitrogen and oxygen atoms in total. The van der Waals surface area contributed by atoms with Crippen molar-refractivity contribution in [3.05, 3.63) is 0 Å². The van der Waals surface area contributed by atoms with Gasteiger partial charge in [-0.1, -0.05) is 6.92 Å². The van der Waals surface area contributed by atoms with Crippen molar-refractivity contribution in [1.82, 2.24) is 4.90 Å². The molecule has 0 rings (SSSR count). The summed E-state index contributed by atoms with van der Waals surface area (Å²) in [7, 11) is 0. The highest BCUT2D eigenvalue weighted by molar-refractivity contribution is 5.65. The number of amides is 1. The summed E-state index contributed by atoms with van der Waals surface area (Å²) in [6.45, 7) is 4.31. The van der Waals surface area contributed by atoms with E-state index >= 15 is 0 Å².